The van der Waals surface area contributed by atoms with Crippen molar-refractivity contribution in [3.8, 4) is 0 Å². The lowest BCUT2D eigenvalue weighted by molar-refractivity contribution is 0.491. The van der Waals surface area contributed by atoms with Crippen molar-refractivity contribution in [3.63, 3.8) is 0 Å². The van der Waals surface area contributed by atoms with Gasteiger partial charge in [0.05, 0.1) is 6.54 Å². The molecule has 0 unspecified atom stereocenters. The Labute approximate surface area is 140 Å². The molecule has 24 heavy (non-hydrogen) atoms. The molecular formula is C17H23N5O2. The Balaban J connectivity index is 2.09. The van der Waals surface area contributed by atoms with Crippen LogP contribution in [0.5, 0.6) is 0 Å². The molecule has 0 radical (unpaired) electrons. The third kappa shape index (κ3) is 3.07. The van der Waals surface area contributed by atoms with Gasteiger partial charge in [-0.25, -0.2) is 4.79 Å². The fourth-order valence-electron chi connectivity index (χ4n) is 3.14. The normalized spacial score (nSPS) is 17.9. The fourth-order valence-corrected chi connectivity index (χ4v) is 3.14. The molecule has 4 N–H and O–H groups in total. The minimum absolute atomic E-state index is 0.0492. The molecule has 0 aliphatic carbocycles. The Hall–Kier alpha value is -2.54. The first kappa shape index (κ1) is 16.3. The van der Waals surface area contributed by atoms with Crippen molar-refractivity contribution in [1.82, 2.24) is 9.13 Å². The molecule has 7 heteroatoms. The van der Waals surface area contributed by atoms with Gasteiger partial charge < -0.3 is 16.4 Å². The lowest BCUT2D eigenvalue weighted by Crippen LogP contribution is -2.47. The molecule has 128 valence electrons. The summed E-state index contributed by atoms with van der Waals surface area (Å²) in [5.41, 5.74) is 12.9. The largest absolute Gasteiger partial charge is 0.398 e. The maximum atomic E-state index is 12.7. The summed E-state index contributed by atoms with van der Waals surface area (Å²) in [6.07, 6.45) is 1.90. The number of aromatic nitrogens is 2. The van der Waals surface area contributed by atoms with Crippen molar-refractivity contribution in [2.75, 3.05) is 23.7 Å². The molecule has 3 rings (SSSR count). The molecule has 0 saturated carbocycles. The van der Waals surface area contributed by atoms with E-state index < -0.39 is 0 Å². The van der Waals surface area contributed by atoms with Gasteiger partial charge in [0.15, 0.2) is 0 Å². The molecule has 7 nitrogen and oxygen atoms in total. The quantitative estimate of drug-likeness (QED) is 0.779. The number of nitrogens with two attached hydrogens (primary N) is 2. The highest BCUT2D eigenvalue weighted by Crippen LogP contribution is 2.19. The van der Waals surface area contributed by atoms with Crippen LogP contribution in [0.3, 0.4) is 0 Å². The van der Waals surface area contributed by atoms with Crippen molar-refractivity contribution in [1.29, 1.82) is 0 Å². The zero-order valence-corrected chi connectivity index (χ0v) is 13.8. The maximum Gasteiger partial charge on any atom is 0.332 e. The Morgan fingerprint density at radius 3 is 2.71 bits per heavy atom. The molecule has 0 bridgehead atoms. The predicted octanol–water partition coefficient (Wildman–Crippen LogP) is 0.105. The van der Waals surface area contributed by atoms with Gasteiger partial charge in [-0.3, -0.25) is 13.9 Å². The number of nitrogen functional groups attached to an aromatic ring is 1. The highest BCUT2D eigenvalue weighted by molar-refractivity contribution is 5.48. The van der Waals surface area contributed by atoms with Gasteiger partial charge in [0.25, 0.3) is 5.56 Å². The minimum Gasteiger partial charge on any atom is -0.398 e. The number of benzene rings is 1. The van der Waals surface area contributed by atoms with E-state index in [9.17, 15) is 9.59 Å². The van der Waals surface area contributed by atoms with E-state index in [0.717, 1.165) is 29.5 Å². The molecular weight excluding hydrogens is 306 g/mol. The molecule has 1 fully saturated rings. The molecule has 1 saturated heterocycles. The summed E-state index contributed by atoms with van der Waals surface area (Å²) >= 11 is 0. The van der Waals surface area contributed by atoms with Gasteiger partial charge in [-0.2, -0.15) is 0 Å². The minimum atomic E-state index is -0.347. The Bertz CT molecular complexity index is 855. The molecule has 1 atom stereocenters. The van der Waals surface area contributed by atoms with Crippen LogP contribution >= 0.6 is 0 Å². The predicted molar refractivity (Wildman–Crippen MR) is 95.3 cm³/mol. The zero-order chi connectivity index (χ0) is 17.3. The molecule has 2 heterocycles. The van der Waals surface area contributed by atoms with Crippen LogP contribution in [-0.4, -0.2) is 28.3 Å². The van der Waals surface area contributed by atoms with Gasteiger partial charge in [0, 0.05) is 37.9 Å². The van der Waals surface area contributed by atoms with Crippen LogP contribution in [0, 0.1) is 0 Å². The topological polar surface area (TPSA) is 99.3 Å². The van der Waals surface area contributed by atoms with E-state index in [-0.39, 0.29) is 17.3 Å². The molecule has 1 aromatic heterocycles. The number of rotatable bonds is 3. The highest BCUT2D eigenvalue weighted by Gasteiger charge is 2.21. The Morgan fingerprint density at radius 1 is 1.25 bits per heavy atom. The average molecular weight is 329 g/mol. The van der Waals surface area contributed by atoms with Crippen molar-refractivity contribution in [2.24, 2.45) is 12.8 Å². The van der Waals surface area contributed by atoms with Crippen molar-refractivity contribution >= 4 is 11.5 Å². The molecule has 2 aromatic rings. The third-order valence-electron chi connectivity index (χ3n) is 4.54. The summed E-state index contributed by atoms with van der Waals surface area (Å²) in [7, 11) is 1.49. The fraction of sp³-hybridized carbons (Fsp3) is 0.412. The van der Waals surface area contributed by atoms with E-state index in [1.807, 2.05) is 23.1 Å². The first-order chi connectivity index (χ1) is 11.5. The SMILES string of the molecule is Cn1c(=O)cc(N2CCC[C@@H](N)C2)n(Cc2ccccc2N)c1=O. The van der Waals surface area contributed by atoms with Crippen LogP contribution in [0.4, 0.5) is 11.5 Å². The summed E-state index contributed by atoms with van der Waals surface area (Å²) < 4.78 is 2.72. The van der Waals surface area contributed by atoms with E-state index in [0.29, 0.717) is 24.6 Å². The second kappa shape index (κ2) is 6.52. The first-order valence-corrected chi connectivity index (χ1v) is 8.12. The summed E-state index contributed by atoms with van der Waals surface area (Å²) in [5, 5.41) is 0. The van der Waals surface area contributed by atoms with Crippen LogP contribution in [0.2, 0.25) is 0 Å². The summed E-state index contributed by atoms with van der Waals surface area (Å²) in [6, 6.07) is 8.99. The molecule has 0 spiro atoms. The smallest absolute Gasteiger partial charge is 0.332 e. The number of nitrogens with zero attached hydrogens (tertiary/aromatic N) is 3. The van der Waals surface area contributed by atoms with E-state index in [2.05, 4.69) is 0 Å². The second-order valence-corrected chi connectivity index (χ2v) is 6.32. The van der Waals surface area contributed by atoms with E-state index in [1.54, 1.807) is 10.6 Å². The van der Waals surface area contributed by atoms with Crippen molar-refractivity contribution in [3.05, 3.63) is 56.7 Å². The van der Waals surface area contributed by atoms with Gasteiger partial charge in [0.2, 0.25) is 0 Å². The van der Waals surface area contributed by atoms with Gasteiger partial charge in [0.1, 0.15) is 5.82 Å². The standard InChI is InChI=1S/C17H23N5O2/c1-20-16(23)9-15(21-8-4-6-13(18)11-21)22(17(20)24)10-12-5-2-3-7-14(12)19/h2-3,5,7,9,13H,4,6,8,10-11,18-19H2,1H3/t13-/m1/s1. The van der Waals surface area contributed by atoms with Crippen LogP contribution in [0.1, 0.15) is 18.4 Å². The van der Waals surface area contributed by atoms with Crippen molar-refractivity contribution < 1.29 is 0 Å². The molecule has 1 aromatic carbocycles. The zero-order valence-electron chi connectivity index (χ0n) is 13.8. The lowest BCUT2D eigenvalue weighted by Gasteiger charge is -2.34. The van der Waals surface area contributed by atoms with Crippen LogP contribution < -0.4 is 27.6 Å². The second-order valence-electron chi connectivity index (χ2n) is 6.32. The van der Waals surface area contributed by atoms with Crippen LogP contribution in [0.25, 0.3) is 0 Å². The number of para-hydroxylation sites is 1. The van der Waals surface area contributed by atoms with Gasteiger partial charge in [-0.1, -0.05) is 18.2 Å². The molecule has 1 aliphatic rings. The van der Waals surface area contributed by atoms with Gasteiger partial charge in [-0.15, -0.1) is 0 Å². The van der Waals surface area contributed by atoms with Gasteiger partial charge >= 0.3 is 5.69 Å². The Kier molecular flexibility index (Phi) is 4.44. The molecule has 0 amide bonds. The van der Waals surface area contributed by atoms with E-state index in [1.165, 1.54) is 13.1 Å². The summed E-state index contributed by atoms with van der Waals surface area (Å²) in [5.74, 6) is 0.613. The number of piperidine rings is 1. The van der Waals surface area contributed by atoms with Crippen LogP contribution in [-0.2, 0) is 13.6 Å². The maximum absolute atomic E-state index is 12.7. The lowest BCUT2D eigenvalue weighted by atomic mass is 10.1. The molecule has 1 aliphatic heterocycles. The van der Waals surface area contributed by atoms with E-state index in [4.69, 9.17) is 11.5 Å². The Morgan fingerprint density at radius 2 is 2.00 bits per heavy atom. The first-order valence-electron chi connectivity index (χ1n) is 8.12. The highest BCUT2D eigenvalue weighted by atomic mass is 16.2. The monoisotopic (exact) mass is 329 g/mol. The summed E-state index contributed by atoms with van der Waals surface area (Å²) in [4.78, 5) is 26.8. The van der Waals surface area contributed by atoms with E-state index >= 15 is 0 Å². The van der Waals surface area contributed by atoms with Gasteiger partial charge in [-0.05, 0) is 24.5 Å². The van der Waals surface area contributed by atoms with Crippen LogP contribution in [0.15, 0.2) is 39.9 Å². The third-order valence-corrected chi connectivity index (χ3v) is 4.54. The number of anilines is 2. The van der Waals surface area contributed by atoms with Crippen molar-refractivity contribution in [2.45, 2.75) is 25.4 Å². The average Bonchev–Trinajstić information content (AvgIpc) is 2.57. The number of hydrogen-bond donors (Lipinski definition) is 2. The summed E-state index contributed by atoms with van der Waals surface area (Å²) in [6.45, 7) is 1.74. The number of hydrogen-bond acceptors (Lipinski definition) is 5.